The van der Waals surface area contributed by atoms with Crippen molar-refractivity contribution in [2.75, 3.05) is 27.3 Å². The topological polar surface area (TPSA) is 65.1 Å². The molecule has 0 bridgehead atoms. The summed E-state index contributed by atoms with van der Waals surface area (Å²) in [6.07, 6.45) is 5.04. The normalized spacial score (nSPS) is 15.5. The third-order valence-corrected chi connectivity index (χ3v) is 3.74. The Morgan fingerprint density at radius 1 is 1.22 bits per heavy atom. The van der Waals surface area contributed by atoms with Crippen LogP contribution in [0, 0.1) is 5.92 Å². The van der Waals surface area contributed by atoms with Gasteiger partial charge in [0.15, 0.2) is 0 Å². The number of piperidine rings is 1. The molecule has 1 fully saturated rings. The van der Waals surface area contributed by atoms with Gasteiger partial charge < -0.3 is 19.1 Å². The summed E-state index contributed by atoms with van der Waals surface area (Å²) < 4.78 is 14.9. The smallest absolute Gasteiger partial charge is 0.415 e. The van der Waals surface area contributed by atoms with Gasteiger partial charge in [-0.25, -0.2) is 9.59 Å². The van der Waals surface area contributed by atoms with Gasteiger partial charge in [-0.1, -0.05) is 6.07 Å². The summed E-state index contributed by atoms with van der Waals surface area (Å²) in [6.45, 7) is 1.27. The van der Waals surface area contributed by atoms with Crippen LogP contribution in [0.15, 0.2) is 36.6 Å². The molecule has 0 saturated carbocycles. The van der Waals surface area contributed by atoms with Crippen molar-refractivity contribution >= 4 is 12.1 Å². The summed E-state index contributed by atoms with van der Waals surface area (Å²) >= 11 is 0. The molecule has 0 radical (unpaired) electrons. The first-order valence-electron chi connectivity index (χ1n) is 7.48. The number of esters is 1. The van der Waals surface area contributed by atoms with E-state index >= 15 is 0 Å². The first kappa shape index (κ1) is 16.9. The number of ether oxygens (including phenoxy) is 3. The Morgan fingerprint density at radius 2 is 1.96 bits per heavy atom. The average Bonchev–Trinajstić information content (AvgIpc) is 2.59. The second-order valence-electron chi connectivity index (χ2n) is 5.28. The highest BCUT2D eigenvalue weighted by molar-refractivity contribution is 5.89. The van der Waals surface area contributed by atoms with E-state index in [0.29, 0.717) is 30.3 Å². The number of amides is 1. The van der Waals surface area contributed by atoms with Gasteiger partial charge >= 0.3 is 12.1 Å². The number of likely N-dealkylation sites (tertiary alicyclic amines) is 1. The Labute approximate surface area is 135 Å². The predicted molar refractivity (Wildman–Crippen MR) is 84.3 cm³/mol. The first-order chi connectivity index (χ1) is 11.1. The Bertz CT molecular complexity index is 576. The number of carbonyl (C=O) groups is 2. The maximum Gasteiger partial charge on any atom is 0.415 e. The zero-order chi connectivity index (χ0) is 16.7. The molecule has 2 rings (SSSR count). The van der Waals surface area contributed by atoms with E-state index in [1.807, 2.05) is 6.08 Å². The highest BCUT2D eigenvalue weighted by atomic mass is 16.6. The molecule has 6 nitrogen and oxygen atoms in total. The molecular weight excluding hydrogens is 298 g/mol. The highest BCUT2D eigenvalue weighted by Gasteiger charge is 2.23. The van der Waals surface area contributed by atoms with E-state index in [9.17, 15) is 9.59 Å². The SMILES string of the molecule is CO/C=C/C1CCN(C(=O)Oc2cccc(C(=O)OC)c2)CC1. The van der Waals surface area contributed by atoms with Crippen LogP contribution in [0.25, 0.3) is 0 Å². The Morgan fingerprint density at radius 3 is 2.61 bits per heavy atom. The molecular formula is C17H21NO5. The maximum atomic E-state index is 12.2. The van der Waals surface area contributed by atoms with Crippen molar-refractivity contribution in [3.8, 4) is 5.75 Å². The molecule has 0 atom stereocenters. The van der Waals surface area contributed by atoms with Crippen LogP contribution in [-0.2, 0) is 9.47 Å². The average molecular weight is 319 g/mol. The number of hydrogen-bond donors (Lipinski definition) is 0. The van der Waals surface area contributed by atoms with Crippen LogP contribution in [0.5, 0.6) is 5.75 Å². The molecule has 0 aromatic heterocycles. The zero-order valence-electron chi connectivity index (χ0n) is 13.4. The Kier molecular flexibility index (Phi) is 6.02. The zero-order valence-corrected chi connectivity index (χ0v) is 13.4. The lowest BCUT2D eigenvalue weighted by Gasteiger charge is -2.29. The summed E-state index contributed by atoms with van der Waals surface area (Å²) in [5, 5.41) is 0. The summed E-state index contributed by atoms with van der Waals surface area (Å²) in [6, 6.07) is 6.39. The molecule has 1 saturated heterocycles. The first-order valence-corrected chi connectivity index (χ1v) is 7.48. The third kappa shape index (κ3) is 4.74. The van der Waals surface area contributed by atoms with Crippen LogP contribution in [0.4, 0.5) is 4.79 Å². The Hall–Kier alpha value is -2.50. The molecule has 1 aliphatic heterocycles. The lowest BCUT2D eigenvalue weighted by Crippen LogP contribution is -2.39. The van der Waals surface area contributed by atoms with Gasteiger partial charge in [0, 0.05) is 13.1 Å². The van der Waals surface area contributed by atoms with Crippen LogP contribution < -0.4 is 4.74 Å². The number of methoxy groups -OCH3 is 2. The fourth-order valence-electron chi connectivity index (χ4n) is 2.43. The maximum absolute atomic E-state index is 12.2. The van der Waals surface area contributed by atoms with E-state index in [1.165, 1.54) is 13.2 Å². The minimum absolute atomic E-state index is 0.333. The monoisotopic (exact) mass is 319 g/mol. The van der Waals surface area contributed by atoms with Gasteiger partial charge in [0.25, 0.3) is 0 Å². The lowest BCUT2D eigenvalue weighted by atomic mass is 9.97. The summed E-state index contributed by atoms with van der Waals surface area (Å²) in [4.78, 5) is 25.3. The van der Waals surface area contributed by atoms with E-state index in [0.717, 1.165) is 12.8 Å². The largest absolute Gasteiger partial charge is 0.505 e. The molecule has 1 aromatic rings. The molecule has 1 aromatic carbocycles. The molecule has 6 heteroatoms. The number of hydrogen-bond acceptors (Lipinski definition) is 5. The van der Waals surface area contributed by atoms with Crippen LogP contribution in [0.3, 0.4) is 0 Å². The highest BCUT2D eigenvalue weighted by Crippen LogP contribution is 2.20. The van der Waals surface area contributed by atoms with Gasteiger partial charge in [0.05, 0.1) is 26.0 Å². The van der Waals surface area contributed by atoms with Crippen molar-refractivity contribution < 1.29 is 23.8 Å². The molecule has 0 N–H and O–H groups in total. The second-order valence-corrected chi connectivity index (χ2v) is 5.28. The number of allylic oxidation sites excluding steroid dienone is 1. The molecule has 124 valence electrons. The molecule has 0 unspecified atom stereocenters. The van der Waals surface area contributed by atoms with Crippen LogP contribution in [-0.4, -0.2) is 44.3 Å². The molecule has 0 aliphatic carbocycles. The van der Waals surface area contributed by atoms with Gasteiger partial charge in [0.2, 0.25) is 0 Å². The van der Waals surface area contributed by atoms with Gasteiger partial charge in [-0.15, -0.1) is 0 Å². The van der Waals surface area contributed by atoms with Gasteiger partial charge in [-0.05, 0) is 43.0 Å². The standard InChI is InChI=1S/C17H21NO5/c1-21-11-8-13-6-9-18(10-7-13)17(20)23-15-5-3-4-14(12-15)16(19)22-2/h3-5,8,11-13H,6-7,9-10H2,1-2H3/b11-8+. The number of rotatable bonds is 4. The van der Waals surface area contributed by atoms with E-state index in [4.69, 9.17) is 9.47 Å². The minimum atomic E-state index is -0.464. The minimum Gasteiger partial charge on any atom is -0.505 e. The third-order valence-electron chi connectivity index (χ3n) is 3.74. The van der Waals surface area contributed by atoms with Gasteiger partial charge in [-0.3, -0.25) is 0 Å². The Balaban J connectivity index is 1.90. The summed E-state index contributed by atoms with van der Waals surface area (Å²) in [5.41, 5.74) is 0.348. The number of carbonyl (C=O) groups excluding carboxylic acids is 2. The van der Waals surface area contributed by atoms with Crippen molar-refractivity contribution in [2.24, 2.45) is 5.92 Å². The van der Waals surface area contributed by atoms with Gasteiger partial charge in [-0.2, -0.15) is 0 Å². The quantitative estimate of drug-likeness (QED) is 0.631. The van der Waals surface area contributed by atoms with Crippen molar-refractivity contribution in [3.05, 3.63) is 42.2 Å². The van der Waals surface area contributed by atoms with Crippen molar-refractivity contribution in [2.45, 2.75) is 12.8 Å². The van der Waals surface area contributed by atoms with E-state index < -0.39 is 12.1 Å². The van der Waals surface area contributed by atoms with Crippen molar-refractivity contribution in [1.29, 1.82) is 0 Å². The fourth-order valence-corrected chi connectivity index (χ4v) is 2.43. The van der Waals surface area contributed by atoms with E-state index in [2.05, 4.69) is 4.74 Å². The molecule has 1 heterocycles. The summed E-state index contributed by atoms with van der Waals surface area (Å²) in [5.74, 6) is 0.287. The van der Waals surface area contributed by atoms with Crippen LogP contribution in [0.1, 0.15) is 23.2 Å². The fraction of sp³-hybridized carbons (Fsp3) is 0.412. The molecule has 23 heavy (non-hydrogen) atoms. The summed E-state index contributed by atoms with van der Waals surface area (Å²) in [7, 11) is 2.93. The number of benzene rings is 1. The number of nitrogens with zero attached hydrogens (tertiary/aromatic N) is 1. The molecule has 0 spiro atoms. The van der Waals surface area contributed by atoms with E-state index in [-0.39, 0.29) is 0 Å². The van der Waals surface area contributed by atoms with Crippen molar-refractivity contribution in [1.82, 2.24) is 4.90 Å². The molecule has 1 aliphatic rings. The predicted octanol–water partition coefficient (Wildman–Crippen LogP) is 2.84. The molecule has 1 amide bonds. The van der Waals surface area contributed by atoms with E-state index in [1.54, 1.807) is 36.5 Å². The van der Waals surface area contributed by atoms with Gasteiger partial charge in [0.1, 0.15) is 5.75 Å². The van der Waals surface area contributed by atoms with Crippen molar-refractivity contribution in [3.63, 3.8) is 0 Å². The van der Waals surface area contributed by atoms with Crippen LogP contribution in [0.2, 0.25) is 0 Å². The second kappa shape index (κ2) is 8.22. The van der Waals surface area contributed by atoms with Crippen LogP contribution >= 0.6 is 0 Å². The lowest BCUT2D eigenvalue weighted by molar-refractivity contribution is 0.0600.